The Morgan fingerprint density at radius 3 is 2.62 bits per heavy atom. The van der Waals surface area contributed by atoms with E-state index < -0.39 is 4.92 Å². The zero-order chi connectivity index (χ0) is 15.5. The molecule has 1 fully saturated rings. The maximum absolute atomic E-state index is 11.2. The van der Waals surface area contributed by atoms with E-state index in [-0.39, 0.29) is 16.8 Å². The van der Waals surface area contributed by atoms with Crippen LogP contribution in [0.15, 0.2) is 18.2 Å². The summed E-state index contributed by atoms with van der Waals surface area (Å²) in [4.78, 5) is 12.9. The van der Waals surface area contributed by atoms with Gasteiger partial charge in [0.15, 0.2) is 0 Å². The second kappa shape index (κ2) is 6.10. The van der Waals surface area contributed by atoms with Crippen molar-refractivity contribution in [3.8, 4) is 6.07 Å². The summed E-state index contributed by atoms with van der Waals surface area (Å²) in [5.74, 6) is 0. The number of para-hydroxylation sites is 1. The largest absolute Gasteiger partial charge is 0.378 e. The number of hydrogen-bond acceptors (Lipinski definition) is 5. The first kappa shape index (κ1) is 15.3. The van der Waals surface area contributed by atoms with Crippen molar-refractivity contribution in [2.24, 2.45) is 0 Å². The summed E-state index contributed by atoms with van der Waals surface area (Å²) in [6.07, 6.45) is 4.53. The van der Waals surface area contributed by atoms with Gasteiger partial charge in [-0.2, -0.15) is 5.26 Å². The molecule has 0 heterocycles. The van der Waals surface area contributed by atoms with Crippen LogP contribution in [0, 0.1) is 21.4 Å². The van der Waals surface area contributed by atoms with Crippen molar-refractivity contribution in [2.75, 3.05) is 26.0 Å². The molecule has 0 unspecified atom stereocenters. The first-order chi connectivity index (χ1) is 10.00. The zero-order valence-corrected chi connectivity index (χ0v) is 12.4. The van der Waals surface area contributed by atoms with Gasteiger partial charge in [-0.3, -0.25) is 10.1 Å². The van der Waals surface area contributed by atoms with Crippen LogP contribution in [0.5, 0.6) is 0 Å². The molecule has 0 radical (unpaired) electrons. The molecule has 112 valence electrons. The SMILES string of the molecule is CN(C)C1(CNc2cccc(C#N)c2[N+](=O)[O-])CCCC1. The van der Waals surface area contributed by atoms with E-state index in [4.69, 9.17) is 5.26 Å². The highest BCUT2D eigenvalue weighted by atomic mass is 16.6. The van der Waals surface area contributed by atoms with Gasteiger partial charge in [0, 0.05) is 12.1 Å². The van der Waals surface area contributed by atoms with Gasteiger partial charge in [0.25, 0.3) is 0 Å². The Bertz CT molecular complexity index is 572. The third-order valence-corrected chi connectivity index (χ3v) is 4.43. The minimum absolute atomic E-state index is 0.0382. The molecule has 1 saturated carbocycles. The lowest BCUT2D eigenvalue weighted by molar-refractivity contribution is -0.384. The number of anilines is 1. The first-order valence-corrected chi connectivity index (χ1v) is 7.09. The smallest absolute Gasteiger partial charge is 0.309 e. The topological polar surface area (TPSA) is 82.2 Å². The highest BCUT2D eigenvalue weighted by Gasteiger charge is 2.36. The molecule has 1 aromatic carbocycles. The van der Waals surface area contributed by atoms with Gasteiger partial charge in [0.1, 0.15) is 17.3 Å². The van der Waals surface area contributed by atoms with Crippen molar-refractivity contribution >= 4 is 11.4 Å². The Morgan fingerprint density at radius 1 is 1.43 bits per heavy atom. The quantitative estimate of drug-likeness (QED) is 0.665. The van der Waals surface area contributed by atoms with Crippen LogP contribution in [0.25, 0.3) is 0 Å². The van der Waals surface area contributed by atoms with E-state index in [1.807, 2.05) is 20.2 Å². The maximum atomic E-state index is 11.2. The van der Waals surface area contributed by atoms with E-state index >= 15 is 0 Å². The molecule has 6 nitrogen and oxygen atoms in total. The van der Waals surface area contributed by atoms with Crippen LogP contribution in [0.2, 0.25) is 0 Å². The van der Waals surface area contributed by atoms with E-state index in [0.717, 1.165) is 12.8 Å². The van der Waals surface area contributed by atoms with Crippen LogP contribution in [0.1, 0.15) is 31.2 Å². The van der Waals surface area contributed by atoms with E-state index in [2.05, 4.69) is 10.2 Å². The molecule has 0 bridgehead atoms. The van der Waals surface area contributed by atoms with Crippen molar-refractivity contribution in [3.63, 3.8) is 0 Å². The van der Waals surface area contributed by atoms with Gasteiger partial charge < -0.3 is 10.2 Å². The van der Waals surface area contributed by atoms with Gasteiger partial charge in [0.2, 0.25) is 0 Å². The molecule has 2 rings (SSSR count). The van der Waals surface area contributed by atoms with Gasteiger partial charge in [-0.05, 0) is 39.1 Å². The Hall–Kier alpha value is -2.13. The minimum Gasteiger partial charge on any atom is -0.378 e. The molecular formula is C15H20N4O2. The highest BCUT2D eigenvalue weighted by molar-refractivity contribution is 5.68. The van der Waals surface area contributed by atoms with E-state index in [9.17, 15) is 10.1 Å². The Morgan fingerprint density at radius 2 is 2.10 bits per heavy atom. The third kappa shape index (κ3) is 2.98. The summed E-state index contributed by atoms with van der Waals surface area (Å²) in [6, 6.07) is 6.69. The lowest BCUT2D eigenvalue weighted by Crippen LogP contribution is -2.47. The van der Waals surface area contributed by atoms with Gasteiger partial charge >= 0.3 is 5.69 Å². The van der Waals surface area contributed by atoms with Crippen LogP contribution in [-0.4, -0.2) is 36.0 Å². The van der Waals surface area contributed by atoms with E-state index in [0.29, 0.717) is 12.2 Å². The minimum atomic E-state index is -0.488. The van der Waals surface area contributed by atoms with Gasteiger partial charge in [-0.1, -0.05) is 18.9 Å². The second-order valence-corrected chi connectivity index (χ2v) is 5.75. The monoisotopic (exact) mass is 288 g/mol. The van der Waals surface area contributed by atoms with Crippen LogP contribution < -0.4 is 5.32 Å². The molecule has 0 saturated heterocycles. The first-order valence-electron chi connectivity index (χ1n) is 7.09. The molecule has 1 aliphatic carbocycles. The van der Waals surface area contributed by atoms with Gasteiger partial charge in [-0.15, -0.1) is 0 Å². The van der Waals surface area contributed by atoms with Gasteiger partial charge in [0.05, 0.1) is 4.92 Å². The lowest BCUT2D eigenvalue weighted by atomic mass is 9.95. The number of likely N-dealkylation sites (N-methyl/N-ethyl adjacent to an activating group) is 1. The average Bonchev–Trinajstić information content (AvgIpc) is 2.94. The van der Waals surface area contributed by atoms with Crippen molar-refractivity contribution in [2.45, 2.75) is 31.2 Å². The van der Waals surface area contributed by atoms with E-state index in [1.54, 1.807) is 12.1 Å². The predicted molar refractivity (Wildman–Crippen MR) is 81.2 cm³/mol. The molecule has 0 atom stereocenters. The molecule has 0 aliphatic heterocycles. The summed E-state index contributed by atoms with van der Waals surface area (Å²) in [5, 5.41) is 23.4. The van der Waals surface area contributed by atoms with Crippen molar-refractivity contribution in [1.29, 1.82) is 5.26 Å². The molecule has 1 aliphatic rings. The Labute approximate surface area is 124 Å². The third-order valence-electron chi connectivity index (χ3n) is 4.43. The fourth-order valence-corrected chi connectivity index (χ4v) is 3.05. The van der Waals surface area contributed by atoms with Crippen LogP contribution in [0.3, 0.4) is 0 Å². The number of benzene rings is 1. The fourth-order valence-electron chi connectivity index (χ4n) is 3.05. The number of nitriles is 1. The molecule has 0 amide bonds. The molecule has 0 spiro atoms. The average molecular weight is 288 g/mol. The Balaban J connectivity index is 2.24. The van der Waals surface area contributed by atoms with Crippen LogP contribution in [-0.2, 0) is 0 Å². The Kier molecular flexibility index (Phi) is 4.43. The second-order valence-electron chi connectivity index (χ2n) is 5.75. The number of rotatable bonds is 5. The number of hydrogen-bond donors (Lipinski definition) is 1. The molecule has 0 aromatic heterocycles. The summed E-state index contributed by atoms with van der Waals surface area (Å²) in [5.41, 5.74) is 0.422. The predicted octanol–water partition coefficient (Wildman–Crippen LogP) is 2.75. The lowest BCUT2D eigenvalue weighted by Gasteiger charge is -2.36. The summed E-state index contributed by atoms with van der Waals surface area (Å²) < 4.78 is 0. The molecule has 1 N–H and O–H groups in total. The fraction of sp³-hybridized carbons (Fsp3) is 0.533. The summed E-state index contributed by atoms with van der Waals surface area (Å²) >= 11 is 0. The van der Waals surface area contributed by atoms with E-state index in [1.165, 1.54) is 18.9 Å². The standard InChI is InChI=1S/C15H20N4O2/c1-18(2)15(8-3-4-9-15)11-17-13-7-5-6-12(10-16)14(13)19(20)21/h5-7,17H,3-4,8-9,11H2,1-2H3. The summed E-state index contributed by atoms with van der Waals surface area (Å²) in [6.45, 7) is 0.649. The highest BCUT2D eigenvalue weighted by Crippen LogP contribution is 2.35. The summed E-state index contributed by atoms with van der Waals surface area (Å²) in [7, 11) is 4.10. The molecular weight excluding hydrogens is 268 g/mol. The van der Waals surface area contributed by atoms with Crippen LogP contribution in [0.4, 0.5) is 11.4 Å². The van der Waals surface area contributed by atoms with Gasteiger partial charge in [-0.25, -0.2) is 0 Å². The normalized spacial score (nSPS) is 16.7. The zero-order valence-electron chi connectivity index (χ0n) is 12.4. The molecule has 21 heavy (non-hydrogen) atoms. The van der Waals surface area contributed by atoms with Crippen molar-refractivity contribution in [1.82, 2.24) is 4.90 Å². The number of nitro benzene ring substituents is 1. The number of nitrogens with zero attached hydrogens (tertiary/aromatic N) is 3. The number of nitrogens with one attached hydrogen (secondary N) is 1. The maximum Gasteiger partial charge on any atom is 0.309 e. The van der Waals surface area contributed by atoms with Crippen molar-refractivity contribution in [3.05, 3.63) is 33.9 Å². The molecule has 1 aromatic rings. The van der Waals surface area contributed by atoms with Crippen LogP contribution >= 0.6 is 0 Å². The number of nitro groups is 1. The molecule has 6 heteroatoms. The van der Waals surface area contributed by atoms with Crippen molar-refractivity contribution < 1.29 is 4.92 Å².